The third-order valence-corrected chi connectivity index (χ3v) is 3.89. The van der Waals surface area contributed by atoms with Crippen molar-refractivity contribution in [3.05, 3.63) is 48.0 Å². The second kappa shape index (κ2) is 9.06. The molecule has 3 N–H and O–H groups in total. The Hall–Kier alpha value is -2.36. The molecule has 0 aliphatic carbocycles. The molecule has 0 unspecified atom stereocenters. The van der Waals surface area contributed by atoms with Crippen LogP contribution in [0.1, 0.15) is 25.3 Å². The van der Waals surface area contributed by atoms with E-state index in [-0.39, 0.29) is 0 Å². The normalized spacial score (nSPS) is 10.5. The summed E-state index contributed by atoms with van der Waals surface area (Å²) in [6, 6.07) is 14.6. The first kappa shape index (κ1) is 18.0. The predicted molar refractivity (Wildman–Crippen MR) is 104 cm³/mol. The zero-order valence-corrected chi connectivity index (χ0v) is 15.0. The molecule has 4 heteroatoms. The quantitative estimate of drug-likeness (QED) is 0.536. The van der Waals surface area contributed by atoms with Crippen LogP contribution in [0.3, 0.4) is 0 Å². The van der Waals surface area contributed by atoms with Crippen LogP contribution in [0.15, 0.2) is 42.5 Å². The maximum Gasteiger partial charge on any atom is 0.142 e. The van der Waals surface area contributed by atoms with Gasteiger partial charge in [0.05, 0.1) is 12.3 Å². The van der Waals surface area contributed by atoms with Gasteiger partial charge in [0.25, 0.3) is 0 Å². The number of nitrogens with zero attached hydrogens (tertiary/aromatic N) is 1. The fourth-order valence-electron chi connectivity index (χ4n) is 2.50. The Labute approximate surface area is 145 Å². The number of anilines is 3. The van der Waals surface area contributed by atoms with Crippen LogP contribution in [0.25, 0.3) is 0 Å². The van der Waals surface area contributed by atoms with Crippen LogP contribution >= 0.6 is 0 Å². The van der Waals surface area contributed by atoms with E-state index in [0.717, 1.165) is 42.9 Å². The van der Waals surface area contributed by atoms with Crippen LogP contribution in [-0.2, 0) is 6.42 Å². The van der Waals surface area contributed by atoms with Crippen molar-refractivity contribution in [2.24, 2.45) is 0 Å². The Morgan fingerprint density at radius 3 is 2.46 bits per heavy atom. The monoisotopic (exact) mass is 327 g/mol. The Morgan fingerprint density at radius 2 is 1.83 bits per heavy atom. The smallest absolute Gasteiger partial charge is 0.142 e. The molecule has 0 saturated carbocycles. The Morgan fingerprint density at radius 1 is 1.08 bits per heavy atom. The molecule has 24 heavy (non-hydrogen) atoms. The summed E-state index contributed by atoms with van der Waals surface area (Å²) in [5.41, 5.74) is 10.4. The molecule has 130 valence electrons. The summed E-state index contributed by atoms with van der Waals surface area (Å²) in [6.45, 7) is 3.74. The molecular weight excluding hydrogens is 298 g/mol. The SMILES string of the molecule is CCCOc1ccc(CCCNc2ccc(N(C)C)cc2)cc1N. The fraction of sp³-hybridized carbons (Fsp3) is 0.400. The van der Waals surface area contributed by atoms with E-state index in [4.69, 9.17) is 10.5 Å². The van der Waals surface area contributed by atoms with Crippen molar-refractivity contribution >= 4 is 17.1 Å². The molecule has 2 aromatic carbocycles. The van der Waals surface area contributed by atoms with E-state index in [2.05, 4.69) is 47.5 Å². The third-order valence-electron chi connectivity index (χ3n) is 3.89. The van der Waals surface area contributed by atoms with Crippen LogP contribution in [-0.4, -0.2) is 27.2 Å². The molecule has 0 aromatic heterocycles. The van der Waals surface area contributed by atoms with Gasteiger partial charge in [-0.3, -0.25) is 0 Å². The van der Waals surface area contributed by atoms with Gasteiger partial charge in [0.2, 0.25) is 0 Å². The first-order valence-electron chi connectivity index (χ1n) is 8.62. The highest BCUT2D eigenvalue weighted by molar-refractivity contribution is 5.55. The van der Waals surface area contributed by atoms with E-state index >= 15 is 0 Å². The van der Waals surface area contributed by atoms with Gasteiger partial charge in [0.1, 0.15) is 5.75 Å². The van der Waals surface area contributed by atoms with Gasteiger partial charge < -0.3 is 20.7 Å². The molecule has 0 fully saturated rings. The summed E-state index contributed by atoms with van der Waals surface area (Å²) < 4.78 is 5.61. The van der Waals surface area contributed by atoms with Crippen molar-refractivity contribution in [2.75, 3.05) is 43.2 Å². The molecule has 4 nitrogen and oxygen atoms in total. The molecule has 0 spiro atoms. The standard InChI is InChI=1S/C20H29N3O/c1-4-14-24-20-12-7-16(15-19(20)21)6-5-13-22-17-8-10-18(11-9-17)23(2)3/h7-12,15,22H,4-6,13-14,21H2,1-3H3. The molecule has 0 radical (unpaired) electrons. The fourth-order valence-corrected chi connectivity index (χ4v) is 2.50. The number of hydrogen-bond acceptors (Lipinski definition) is 4. The van der Waals surface area contributed by atoms with Gasteiger partial charge in [0, 0.05) is 32.0 Å². The lowest BCUT2D eigenvalue weighted by Crippen LogP contribution is -2.08. The molecule has 2 rings (SSSR count). The van der Waals surface area contributed by atoms with Crippen molar-refractivity contribution in [2.45, 2.75) is 26.2 Å². The topological polar surface area (TPSA) is 50.5 Å². The van der Waals surface area contributed by atoms with Crippen molar-refractivity contribution in [3.8, 4) is 5.75 Å². The highest BCUT2D eigenvalue weighted by Crippen LogP contribution is 2.23. The lowest BCUT2D eigenvalue weighted by molar-refractivity contribution is 0.319. The Kier molecular flexibility index (Phi) is 6.79. The summed E-state index contributed by atoms with van der Waals surface area (Å²) in [5, 5.41) is 3.46. The van der Waals surface area contributed by atoms with Crippen LogP contribution in [0, 0.1) is 0 Å². The first-order valence-corrected chi connectivity index (χ1v) is 8.62. The van der Waals surface area contributed by atoms with Crippen LogP contribution in [0.2, 0.25) is 0 Å². The highest BCUT2D eigenvalue weighted by Gasteiger charge is 2.02. The van der Waals surface area contributed by atoms with Gasteiger partial charge in [-0.2, -0.15) is 0 Å². The third kappa shape index (κ3) is 5.37. The Bertz CT molecular complexity index is 623. The van der Waals surface area contributed by atoms with Crippen LogP contribution in [0.4, 0.5) is 17.1 Å². The van der Waals surface area contributed by atoms with E-state index in [9.17, 15) is 0 Å². The second-order valence-corrected chi connectivity index (χ2v) is 6.19. The van der Waals surface area contributed by atoms with E-state index in [1.165, 1.54) is 11.3 Å². The summed E-state index contributed by atoms with van der Waals surface area (Å²) in [7, 11) is 4.10. The number of hydrogen-bond donors (Lipinski definition) is 2. The predicted octanol–water partition coefficient (Wildman–Crippen LogP) is 4.17. The number of benzene rings is 2. The number of nitrogens with one attached hydrogen (secondary N) is 1. The minimum atomic E-state index is 0.708. The van der Waals surface area contributed by atoms with Crippen molar-refractivity contribution in [3.63, 3.8) is 0 Å². The van der Waals surface area contributed by atoms with E-state index in [0.29, 0.717) is 6.61 Å². The zero-order chi connectivity index (χ0) is 17.4. The number of aryl methyl sites for hydroxylation is 1. The molecule has 0 aliphatic heterocycles. The zero-order valence-electron chi connectivity index (χ0n) is 15.0. The van der Waals surface area contributed by atoms with Gasteiger partial charge in [-0.1, -0.05) is 13.0 Å². The molecule has 0 bridgehead atoms. The molecule has 0 saturated heterocycles. The average Bonchev–Trinajstić information content (AvgIpc) is 2.58. The van der Waals surface area contributed by atoms with Gasteiger partial charge in [-0.25, -0.2) is 0 Å². The Balaban J connectivity index is 1.76. The van der Waals surface area contributed by atoms with Crippen molar-refractivity contribution in [1.82, 2.24) is 0 Å². The average molecular weight is 327 g/mol. The number of rotatable bonds is 9. The van der Waals surface area contributed by atoms with Gasteiger partial charge in [-0.15, -0.1) is 0 Å². The largest absolute Gasteiger partial charge is 0.491 e. The molecule has 0 heterocycles. The summed E-state index contributed by atoms with van der Waals surface area (Å²) in [5.74, 6) is 0.791. The maximum atomic E-state index is 6.05. The van der Waals surface area contributed by atoms with Crippen LogP contribution in [0.5, 0.6) is 5.75 Å². The van der Waals surface area contributed by atoms with Crippen LogP contribution < -0.4 is 20.7 Å². The second-order valence-electron chi connectivity index (χ2n) is 6.19. The van der Waals surface area contributed by atoms with Gasteiger partial charge in [-0.05, 0) is 61.2 Å². The molecule has 0 amide bonds. The van der Waals surface area contributed by atoms with E-state index in [1.54, 1.807) is 0 Å². The summed E-state index contributed by atoms with van der Waals surface area (Å²) in [4.78, 5) is 2.10. The van der Waals surface area contributed by atoms with Gasteiger partial charge >= 0.3 is 0 Å². The lowest BCUT2D eigenvalue weighted by atomic mass is 10.1. The molecule has 0 atom stereocenters. The first-order chi connectivity index (χ1) is 11.6. The highest BCUT2D eigenvalue weighted by atomic mass is 16.5. The van der Waals surface area contributed by atoms with Crippen molar-refractivity contribution < 1.29 is 4.74 Å². The number of nitrogens with two attached hydrogens (primary N) is 1. The summed E-state index contributed by atoms with van der Waals surface area (Å²) in [6.07, 6.45) is 3.05. The van der Waals surface area contributed by atoms with Crippen molar-refractivity contribution in [1.29, 1.82) is 0 Å². The molecule has 2 aromatic rings. The lowest BCUT2D eigenvalue weighted by Gasteiger charge is -2.13. The van der Waals surface area contributed by atoms with Gasteiger partial charge in [0.15, 0.2) is 0 Å². The molecular formula is C20H29N3O. The number of ether oxygens (including phenoxy) is 1. The minimum Gasteiger partial charge on any atom is -0.491 e. The maximum absolute atomic E-state index is 6.05. The minimum absolute atomic E-state index is 0.708. The number of nitrogen functional groups attached to an aromatic ring is 1. The van der Waals surface area contributed by atoms with E-state index in [1.807, 2.05) is 26.2 Å². The summed E-state index contributed by atoms with van der Waals surface area (Å²) >= 11 is 0. The molecule has 0 aliphatic rings. The van der Waals surface area contributed by atoms with E-state index < -0.39 is 0 Å².